The highest BCUT2D eigenvalue weighted by Crippen LogP contribution is 2.41. The third-order valence-electron chi connectivity index (χ3n) is 7.29. The number of benzene rings is 3. The van der Waals surface area contributed by atoms with Gasteiger partial charge in [0.05, 0.1) is 16.8 Å². The molecule has 1 aliphatic heterocycles. The molecule has 3 N–H and O–H groups in total. The summed E-state index contributed by atoms with van der Waals surface area (Å²) < 4.78 is 63.1. The summed E-state index contributed by atoms with van der Waals surface area (Å²) in [5.74, 6) is -1.43. The number of fused-ring (bicyclic) bond motifs is 1. The molecule has 1 saturated heterocycles. The van der Waals surface area contributed by atoms with Gasteiger partial charge >= 0.3 is 21.5 Å². The topological polar surface area (TPSA) is 124 Å². The van der Waals surface area contributed by atoms with E-state index < -0.39 is 27.1 Å². The number of hydrogen-bond donors (Lipinski definition) is 3. The van der Waals surface area contributed by atoms with Crippen molar-refractivity contribution in [1.29, 1.82) is 0 Å². The average Bonchev–Trinajstić information content (AvgIpc) is 3.36. The maximum atomic E-state index is 13.0. The highest BCUT2D eigenvalue weighted by molar-refractivity contribution is 7.90. The number of hydrogen-bond acceptors (Lipinski definition) is 5. The third kappa shape index (κ3) is 4.85. The molecule has 0 saturated carbocycles. The lowest BCUT2D eigenvalue weighted by Gasteiger charge is -2.31. The number of carboxylic acids is 1. The molecule has 1 atom stereocenters. The summed E-state index contributed by atoms with van der Waals surface area (Å²) in [6.07, 6.45) is 0.273. The zero-order valence-electron chi connectivity index (χ0n) is 20.7. The largest absolute Gasteiger partial charge is 0.511 e. The van der Waals surface area contributed by atoms with Gasteiger partial charge in [0, 0.05) is 29.4 Å². The molecule has 210 valence electrons. The van der Waals surface area contributed by atoms with Gasteiger partial charge < -0.3 is 10.2 Å². The van der Waals surface area contributed by atoms with Crippen LogP contribution in [0.1, 0.15) is 51.5 Å². The quantitative estimate of drug-likeness (QED) is 0.263. The van der Waals surface area contributed by atoms with E-state index in [1.54, 1.807) is 42.5 Å². The Morgan fingerprint density at radius 2 is 1.50 bits per heavy atom. The summed E-state index contributed by atoms with van der Waals surface area (Å²) in [7, 11) is -5.41. The number of halogens is 4. The molecule has 1 aromatic heterocycles. The van der Waals surface area contributed by atoms with E-state index in [2.05, 4.69) is 10.2 Å². The van der Waals surface area contributed by atoms with Gasteiger partial charge in [0.15, 0.2) is 0 Å². The number of sulfonamides is 1. The molecule has 1 aliphatic rings. The number of aromatic nitrogens is 2. The molecule has 0 aliphatic carbocycles. The summed E-state index contributed by atoms with van der Waals surface area (Å²) in [6.45, 7) is -0.601. The second kappa shape index (κ2) is 10.2. The molecule has 1 unspecified atom stereocenters. The van der Waals surface area contributed by atoms with Crippen molar-refractivity contribution in [2.75, 3.05) is 13.1 Å². The highest BCUT2D eigenvalue weighted by atomic mass is 35.5. The Morgan fingerprint density at radius 3 is 2.05 bits per heavy atom. The van der Waals surface area contributed by atoms with E-state index in [1.165, 1.54) is 24.3 Å². The molecule has 3 aromatic carbocycles. The minimum absolute atomic E-state index is 0.0497. The lowest BCUT2D eigenvalue weighted by Crippen LogP contribution is -2.44. The monoisotopic (exact) mass is 593 g/mol. The minimum Gasteiger partial charge on any atom is -0.478 e. The minimum atomic E-state index is -5.41. The molecule has 0 bridgehead atoms. The number of carbonyl (C=O) groups is 1. The Labute approximate surface area is 232 Å². The van der Waals surface area contributed by atoms with Crippen molar-refractivity contribution >= 4 is 38.5 Å². The number of aliphatic hydroxyl groups is 1. The van der Waals surface area contributed by atoms with Crippen LogP contribution in [0.4, 0.5) is 13.2 Å². The van der Waals surface area contributed by atoms with Crippen LogP contribution >= 0.6 is 11.6 Å². The number of nitrogens with one attached hydrogen (secondary N) is 1. The first-order valence-corrected chi connectivity index (χ1v) is 14.0. The van der Waals surface area contributed by atoms with Crippen molar-refractivity contribution in [3.63, 3.8) is 0 Å². The number of alkyl halides is 3. The summed E-state index contributed by atoms with van der Waals surface area (Å²) in [6, 6.07) is 17.5. The van der Waals surface area contributed by atoms with E-state index in [0.29, 0.717) is 42.6 Å². The van der Waals surface area contributed by atoms with Gasteiger partial charge in [-0.25, -0.2) is 13.2 Å². The smallest absolute Gasteiger partial charge is 0.478 e. The first-order valence-electron chi connectivity index (χ1n) is 12.2. The zero-order valence-corrected chi connectivity index (χ0v) is 22.3. The van der Waals surface area contributed by atoms with Crippen LogP contribution in [0.2, 0.25) is 5.02 Å². The number of rotatable bonds is 6. The fourth-order valence-corrected chi connectivity index (χ4v) is 6.24. The van der Waals surface area contributed by atoms with Crippen LogP contribution in [0.15, 0.2) is 66.7 Å². The van der Waals surface area contributed by atoms with E-state index in [1.807, 2.05) is 0 Å². The number of carboxylic acid groups (broad SMARTS) is 1. The lowest BCUT2D eigenvalue weighted by atomic mass is 9.79. The zero-order chi connectivity index (χ0) is 28.9. The highest BCUT2D eigenvalue weighted by Gasteiger charge is 2.50. The van der Waals surface area contributed by atoms with E-state index >= 15 is 0 Å². The van der Waals surface area contributed by atoms with Crippen molar-refractivity contribution in [1.82, 2.24) is 14.5 Å². The number of H-pyrrole nitrogens is 1. The Bertz CT molecular complexity index is 1670. The van der Waals surface area contributed by atoms with E-state index in [-0.39, 0.29) is 37.4 Å². The van der Waals surface area contributed by atoms with Gasteiger partial charge in [-0.2, -0.15) is 22.6 Å². The fourth-order valence-electron chi connectivity index (χ4n) is 5.13. The van der Waals surface area contributed by atoms with Crippen LogP contribution in [0.25, 0.3) is 10.9 Å². The summed E-state index contributed by atoms with van der Waals surface area (Å²) in [4.78, 5) is 11.4. The molecule has 40 heavy (non-hydrogen) atoms. The number of aromatic carboxylic acids is 1. The molecule has 5 rings (SSSR count). The average molecular weight is 594 g/mol. The summed E-state index contributed by atoms with van der Waals surface area (Å²) >= 11 is 6.08. The maximum Gasteiger partial charge on any atom is 0.511 e. The predicted molar refractivity (Wildman–Crippen MR) is 142 cm³/mol. The van der Waals surface area contributed by atoms with Crippen LogP contribution < -0.4 is 0 Å². The standard InChI is InChI=1S/C27H23ClF3N3O5S/c28-21-8-5-19(6-9-21)26(37,18-3-1-17(2-4-18)25(35)36)20-7-10-23-22(15-20)24(33-32-23)16-11-13-34(14-12-16)40(38,39)27(29,30)31/h1-10,15-16,37H,11-14H2,(H,32,33)(H,35,36). The van der Waals surface area contributed by atoms with Gasteiger partial charge in [-0.3, -0.25) is 5.10 Å². The second-order valence-electron chi connectivity index (χ2n) is 9.59. The number of piperidine rings is 1. The molecule has 0 spiro atoms. The van der Waals surface area contributed by atoms with Crippen LogP contribution in [-0.2, 0) is 15.6 Å². The molecule has 1 fully saturated rings. The van der Waals surface area contributed by atoms with Gasteiger partial charge in [0.25, 0.3) is 0 Å². The number of aromatic amines is 1. The van der Waals surface area contributed by atoms with E-state index in [4.69, 9.17) is 11.6 Å². The van der Waals surface area contributed by atoms with Crippen LogP contribution in [-0.4, -0.2) is 57.7 Å². The van der Waals surface area contributed by atoms with Crippen molar-refractivity contribution in [2.24, 2.45) is 0 Å². The fraction of sp³-hybridized carbons (Fsp3) is 0.259. The Balaban J connectivity index is 1.54. The third-order valence-corrected chi connectivity index (χ3v) is 9.18. The van der Waals surface area contributed by atoms with Gasteiger partial charge in [-0.05, 0) is 65.9 Å². The molecule has 13 heteroatoms. The van der Waals surface area contributed by atoms with Crippen molar-refractivity contribution in [2.45, 2.75) is 29.9 Å². The number of nitrogens with zero attached hydrogens (tertiary/aromatic N) is 2. The molecule has 4 aromatic rings. The van der Waals surface area contributed by atoms with Gasteiger partial charge in [0.1, 0.15) is 5.60 Å². The summed E-state index contributed by atoms with van der Waals surface area (Å²) in [5, 5.41) is 29.9. The van der Waals surface area contributed by atoms with Crippen LogP contribution in [0.3, 0.4) is 0 Å². The van der Waals surface area contributed by atoms with Crippen LogP contribution in [0, 0.1) is 0 Å². The van der Waals surface area contributed by atoms with Crippen molar-refractivity contribution in [3.8, 4) is 0 Å². The molecular formula is C27H23ClF3N3O5S. The van der Waals surface area contributed by atoms with Crippen molar-refractivity contribution < 1.29 is 36.6 Å². The second-order valence-corrected chi connectivity index (χ2v) is 12.0. The van der Waals surface area contributed by atoms with Gasteiger partial charge in [0.2, 0.25) is 0 Å². The maximum absolute atomic E-state index is 13.0. The first kappa shape index (κ1) is 28.1. The molecular weight excluding hydrogens is 571 g/mol. The van der Waals surface area contributed by atoms with Crippen LogP contribution in [0.5, 0.6) is 0 Å². The summed E-state index contributed by atoms with van der Waals surface area (Å²) in [5.41, 5.74) is -4.55. The Kier molecular flexibility index (Phi) is 7.15. The van der Waals surface area contributed by atoms with E-state index in [9.17, 15) is 36.6 Å². The molecule has 0 radical (unpaired) electrons. The lowest BCUT2D eigenvalue weighted by molar-refractivity contribution is -0.0494. The molecule has 0 amide bonds. The Hall–Kier alpha value is -3.45. The SMILES string of the molecule is O=C(O)c1ccc(C(O)(c2ccc(Cl)cc2)c2ccc3[nH]nc(C4CCN(S(=O)(=O)C(F)(F)F)CC4)c3c2)cc1. The first-order chi connectivity index (χ1) is 18.8. The normalized spacial score (nSPS) is 17.1. The predicted octanol–water partition coefficient (Wildman–Crippen LogP) is 5.23. The Morgan fingerprint density at radius 1 is 0.950 bits per heavy atom. The molecule has 2 heterocycles. The van der Waals surface area contributed by atoms with Crippen molar-refractivity contribution in [3.05, 3.63) is 99.7 Å². The molecule has 8 nitrogen and oxygen atoms in total. The van der Waals surface area contributed by atoms with E-state index in [0.717, 1.165) is 0 Å². The van der Waals surface area contributed by atoms with Gasteiger partial charge in [-0.1, -0.05) is 41.9 Å². The van der Waals surface area contributed by atoms with Gasteiger partial charge in [-0.15, -0.1) is 0 Å².